The minimum Gasteiger partial charge on any atom is -0.469 e. The van der Waals surface area contributed by atoms with Gasteiger partial charge in [0.25, 0.3) is 5.91 Å². The predicted octanol–water partition coefficient (Wildman–Crippen LogP) is 3.66. The van der Waals surface area contributed by atoms with Gasteiger partial charge in [0.2, 0.25) is 0 Å². The zero-order valence-corrected chi connectivity index (χ0v) is 15.7. The van der Waals surface area contributed by atoms with Crippen LogP contribution in [0, 0.1) is 6.92 Å². The van der Waals surface area contributed by atoms with E-state index in [0.717, 1.165) is 59.3 Å². The van der Waals surface area contributed by atoms with Crippen molar-refractivity contribution >= 4 is 17.2 Å². The first-order chi connectivity index (χ1) is 12.1. The van der Waals surface area contributed by atoms with Gasteiger partial charge in [0, 0.05) is 24.4 Å². The van der Waals surface area contributed by atoms with Crippen molar-refractivity contribution in [2.75, 3.05) is 20.1 Å². The maximum absolute atomic E-state index is 12.8. The predicted molar refractivity (Wildman–Crippen MR) is 98.2 cm³/mol. The van der Waals surface area contributed by atoms with Crippen LogP contribution in [-0.4, -0.2) is 35.9 Å². The average Bonchev–Trinajstić information content (AvgIpc) is 3.22. The smallest absolute Gasteiger partial charge is 0.263 e. The molecule has 2 aromatic heterocycles. The first-order valence-corrected chi connectivity index (χ1v) is 9.96. The maximum Gasteiger partial charge on any atom is 0.263 e. The average molecular weight is 359 g/mol. The van der Waals surface area contributed by atoms with Crippen molar-refractivity contribution in [1.82, 2.24) is 15.2 Å². The number of fused-ring (bicyclic) bond motifs is 1. The number of carbonyl (C=O) groups excluding carboxylic acids is 1. The lowest BCUT2D eigenvalue weighted by atomic mass is 9.93. The standard InChI is InChI=1S/C19H25N3O2S/c1-12-17(25-19(20-12)13-5-4-9-22(2)11-13)18(23)21-15-6-3-7-16-14(15)8-10-24-16/h8,10,13,15H,3-7,9,11H2,1-2H3,(H,21,23). The van der Waals surface area contributed by atoms with E-state index in [1.807, 2.05) is 13.0 Å². The number of hydrogen-bond acceptors (Lipinski definition) is 5. The van der Waals surface area contributed by atoms with Gasteiger partial charge in [-0.05, 0) is 52.3 Å². The van der Waals surface area contributed by atoms with E-state index in [0.29, 0.717) is 5.92 Å². The third-order valence-electron chi connectivity index (χ3n) is 5.35. The largest absolute Gasteiger partial charge is 0.469 e. The molecule has 25 heavy (non-hydrogen) atoms. The van der Waals surface area contributed by atoms with Crippen molar-refractivity contribution in [3.05, 3.63) is 39.2 Å². The highest BCUT2D eigenvalue weighted by Crippen LogP contribution is 2.33. The van der Waals surface area contributed by atoms with Gasteiger partial charge < -0.3 is 14.6 Å². The number of piperidine rings is 1. The van der Waals surface area contributed by atoms with Gasteiger partial charge in [-0.1, -0.05) is 0 Å². The second kappa shape index (κ2) is 6.92. The van der Waals surface area contributed by atoms with Crippen molar-refractivity contribution in [2.24, 2.45) is 0 Å². The number of aromatic nitrogens is 1. The lowest BCUT2D eigenvalue weighted by molar-refractivity contribution is 0.0935. The number of thiazole rings is 1. The molecule has 0 radical (unpaired) electrons. The monoisotopic (exact) mass is 359 g/mol. The molecule has 2 atom stereocenters. The molecule has 1 amide bonds. The van der Waals surface area contributed by atoms with Crippen LogP contribution in [0.15, 0.2) is 16.7 Å². The van der Waals surface area contributed by atoms with Gasteiger partial charge in [-0.2, -0.15) is 0 Å². The van der Waals surface area contributed by atoms with Crippen molar-refractivity contribution in [3.63, 3.8) is 0 Å². The zero-order valence-electron chi connectivity index (χ0n) is 14.9. The van der Waals surface area contributed by atoms with Gasteiger partial charge in [-0.25, -0.2) is 4.98 Å². The van der Waals surface area contributed by atoms with Crippen molar-refractivity contribution in [3.8, 4) is 0 Å². The Labute approximate surface area is 152 Å². The van der Waals surface area contributed by atoms with Crippen LogP contribution in [-0.2, 0) is 6.42 Å². The summed E-state index contributed by atoms with van der Waals surface area (Å²) in [6, 6.07) is 2.04. The Morgan fingerprint density at radius 1 is 1.40 bits per heavy atom. The summed E-state index contributed by atoms with van der Waals surface area (Å²) in [4.78, 5) is 20.7. The molecular weight excluding hydrogens is 334 g/mol. The van der Waals surface area contributed by atoms with Crippen LogP contribution in [0.5, 0.6) is 0 Å². The van der Waals surface area contributed by atoms with Gasteiger partial charge in [-0.15, -0.1) is 11.3 Å². The van der Waals surface area contributed by atoms with E-state index in [1.165, 1.54) is 12.8 Å². The molecule has 0 bridgehead atoms. The number of rotatable bonds is 3. The van der Waals surface area contributed by atoms with Crippen molar-refractivity contribution in [2.45, 2.75) is 51.0 Å². The summed E-state index contributed by atoms with van der Waals surface area (Å²) in [5.41, 5.74) is 1.99. The first-order valence-electron chi connectivity index (χ1n) is 9.15. The van der Waals surface area contributed by atoms with E-state index >= 15 is 0 Å². The molecule has 2 unspecified atom stereocenters. The lowest BCUT2D eigenvalue weighted by Gasteiger charge is -2.28. The molecular formula is C19H25N3O2S. The van der Waals surface area contributed by atoms with Crippen LogP contribution in [0.2, 0.25) is 0 Å². The van der Waals surface area contributed by atoms with Gasteiger partial charge in [0.05, 0.1) is 23.0 Å². The molecule has 3 heterocycles. The molecule has 1 aliphatic carbocycles. The highest BCUT2D eigenvalue weighted by Gasteiger charge is 2.28. The number of nitrogens with one attached hydrogen (secondary N) is 1. The second-order valence-corrected chi connectivity index (χ2v) is 8.32. The number of likely N-dealkylation sites (N-methyl/N-ethyl adjacent to an activating group) is 1. The maximum atomic E-state index is 12.8. The number of hydrogen-bond donors (Lipinski definition) is 1. The Balaban J connectivity index is 1.50. The van der Waals surface area contributed by atoms with Crippen molar-refractivity contribution < 1.29 is 9.21 Å². The normalized spacial score (nSPS) is 24.1. The quantitative estimate of drug-likeness (QED) is 0.909. The molecule has 134 valence electrons. The first kappa shape index (κ1) is 16.8. The highest BCUT2D eigenvalue weighted by atomic mass is 32.1. The fraction of sp³-hybridized carbons (Fsp3) is 0.579. The molecule has 5 nitrogen and oxygen atoms in total. The van der Waals surface area contributed by atoms with Crippen molar-refractivity contribution in [1.29, 1.82) is 0 Å². The Bertz CT molecular complexity index is 767. The molecule has 0 saturated carbocycles. The summed E-state index contributed by atoms with van der Waals surface area (Å²) in [6.07, 6.45) is 7.08. The molecule has 2 aromatic rings. The Hall–Kier alpha value is -1.66. The van der Waals surface area contributed by atoms with Gasteiger partial charge in [-0.3, -0.25) is 4.79 Å². The summed E-state index contributed by atoms with van der Waals surface area (Å²) < 4.78 is 5.53. The van der Waals surface area contributed by atoms with E-state index in [2.05, 4.69) is 17.3 Å². The molecule has 0 spiro atoms. The van der Waals surface area contributed by atoms with Crippen LogP contribution in [0.4, 0.5) is 0 Å². The minimum absolute atomic E-state index is 0.00413. The summed E-state index contributed by atoms with van der Waals surface area (Å²) >= 11 is 1.57. The van der Waals surface area contributed by atoms with Crippen LogP contribution < -0.4 is 5.32 Å². The number of furan rings is 1. The molecule has 1 fully saturated rings. The molecule has 1 N–H and O–H groups in total. The van der Waals surface area contributed by atoms with Crippen LogP contribution in [0.3, 0.4) is 0 Å². The summed E-state index contributed by atoms with van der Waals surface area (Å²) in [7, 11) is 2.16. The van der Waals surface area contributed by atoms with E-state index in [1.54, 1.807) is 17.6 Å². The zero-order chi connectivity index (χ0) is 17.4. The Kier molecular flexibility index (Phi) is 4.65. The summed E-state index contributed by atoms with van der Waals surface area (Å²) in [5, 5.41) is 4.32. The second-order valence-electron chi connectivity index (χ2n) is 7.29. The van der Waals surface area contributed by atoms with Gasteiger partial charge in [0.15, 0.2) is 0 Å². The fourth-order valence-electron chi connectivity index (χ4n) is 4.03. The van der Waals surface area contributed by atoms with E-state index in [4.69, 9.17) is 9.40 Å². The fourth-order valence-corrected chi connectivity index (χ4v) is 5.13. The number of aryl methyl sites for hydroxylation is 2. The SMILES string of the molecule is Cc1nc(C2CCCN(C)C2)sc1C(=O)NC1CCCc2occc21. The van der Waals surface area contributed by atoms with Gasteiger partial charge in [0.1, 0.15) is 10.6 Å². The Morgan fingerprint density at radius 3 is 3.12 bits per heavy atom. The highest BCUT2D eigenvalue weighted by molar-refractivity contribution is 7.13. The molecule has 1 saturated heterocycles. The third kappa shape index (κ3) is 3.37. The topological polar surface area (TPSA) is 58.4 Å². The number of likely N-dealkylation sites (tertiary alicyclic amines) is 1. The van der Waals surface area contributed by atoms with E-state index in [9.17, 15) is 4.79 Å². The van der Waals surface area contributed by atoms with E-state index in [-0.39, 0.29) is 11.9 Å². The number of carbonyl (C=O) groups is 1. The Morgan fingerprint density at radius 2 is 2.28 bits per heavy atom. The summed E-state index contributed by atoms with van der Waals surface area (Å²) in [5.74, 6) is 1.48. The third-order valence-corrected chi connectivity index (χ3v) is 6.67. The molecule has 2 aliphatic rings. The molecule has 4 rings (SSSR count). The van der Waals surface area contributed by atoms with E-state index < -0.39 is 0 Å². The molecule has 1 aliphatic heterocycles. The van der Waals surface area contributed by atoms with Crippen LogP contribution in [0.25, 0.3) is 0 Å². The number of nitrogens with zero attached hydrogens (tertiary/aromatic N) is 2. The van der Waals surface area contributed by atoms with Gasteiger partial charge >= 0.3 is 0 Å². The summed E-state index contributed by atoms with van der Waals surface area (Å²) in [6.45, 7) is 4.14. The molecule has 0 aromatic carbocycles. The minimum atomic E-state index is 0.00413. The van der Waals surface area contributed by atoms with Crippen LogP contribution >= 0.6 is 11.3 Å². The van der Waals surface area contributed by atoms with Crippen LogP contribution in [0.1, 0.15) is 69.3 Å². The lowest BCUT2D eigenvalue weighted by Crippen LogP contribution is -2.30. The number of amides is 1. The molecule has 6 heteroatoms.